The van der Waals surface area contributed by atoms with E-state index in [1.54, 1.807) is 42.5 Å². The highest BCUT2D eigenvalue weighted by Crippen LogP contribution is 2.51. The van der Waals surface area contributed by atoms with E-state index in [1.165, 1.54) is 16.8 Å². The van der Waals surface area contributed by atoms with Crippen LogP contribution in [0.4, 0.5) is 22.7 Å². The smallest absolute Gasteiger partial charge is 0.137 e. The Morgan fingerprint density at radius 2 is 1.30 bits per heavy atom. The number of hydrogen-bond donors (Lipinski definition) is 0. The lowest BCUT2D eigenvalue weighted by atomic mass is 9.90. The topological polar surface area (TPSA) is 42.8 Å². The van der Waals surface area contributed by atoms with Gasteiger partial charge in [0.25, 0.3) is 0 Å². The van der Waals surface area contributed by atoms with Gasteiger partial charge in [-0.15, -0.1) is 0 Å². The van der Waals surface area contributed by atoms with E-state index in [1.807, 2.05) is 117 Å². The van der Waals surface area contributed by atoms with Crippen molar-refractivity contribution >= 4 is 44.6 Å². The molecule has 0 saturated heterocycles. The molecule has 66 heavy (non-hydrogen) atoms. The zero-order valence-electron chi connectivity index (χ0n) is 47.1. The Morgan fingerprint density at radius 1 is 0.606 bits per heavy atom. The van der Waals surface area contributed by atoms with Crippen LogP contribution in [0.15, 0.2) is 188 Å². The summed E-state index contributed by atoms with van der Waals surface area (Å²) >= 11 is 0. The first-order chi connectivity index (χ1) is 36.8. The molecular weight excluding hydrogens is 809 g/mol. The summed E-state index contributed by atoms with van der Waals surface area (Å²) in [5.41, 5.74) is 7.96. The van der Waals surface area contributed by atoms with Crippen molar-refractivity contribution in [1.82, 2.24) is 9.55 Å². The Labute approximate surface area is 401 Å². The number of fused-ring (bicyclic) bond motifs is 5. The maximum absolute atomic E-state index is 9.42. The normalized spacial score (nSPS) is 15.9. The minimum atomic E-state index is -2.89. The highest BCUT2D eigenvalue weighted by molar-refractivity contribution is 6.10. The first kappa shape index (κ1) is 29.4. The van der Waals surface area contributed by atoms with E-state index in [9.17, 15) is 5.48 Å². The standard InChI is InChI=1S/C60H48N4O2/c1-38(2)28-41-31-51(42-12-6-5-7-13-42)60-52(32-41)43-21-23-46(24-22-43)65-47-16-10-14-44(33-47)54-36-61-59(30-40(54)4)64-55-27-20-39(3)29-53(55)50-26-25-49(35-58(50)64)66-48-17-11-15-45(34-48)62-37-63(60)57-19-9-8-18-56(57)62/h5-27,29-36,38H,28,37H2,1-4H3/i3D3,4D3,20D,27D,28D2,29D. The SMILES string of the molecule is [2H]c1c(C([2H])([2H])[2H])c([2H])c2c3ccc4cc3n(c2c1[2H])-c1cc(C([2H])([2H])[2H])c(cn1)-c1cccc(c1)Oc1ccc(cc1)-c1cc(C([2H])([2H])C(C)C)cc(-c2ccccc2)c1N1CN(c2cccc(c2)O4)c2ccccc21. The van der Waals surface area contributed by atoms with Gasteiger partial charge in [0, 0.05) is 62.4 Å². The van der Waals surface area contributed by atoms with Crippen LogP contribution in [0.5, 0.6) is 23.0 Å². The quantitative estimate of drug-likeness (QED) is 0.177. The van der Waals surface area contributed by atoms with Crippen molar-refractivity contribution in [3.63, 3.8) is 0 Å². The number of ether oxygens (including phenoxy) is 2. The lowest BCUT2D eigenvalue weighted by Crippen LogP contribution is -2.25. The monoisotopic (exact) mass is 867 g/mol. The summed E-state index contributed by atoms with van der Waals surface area (Å²) in [6, 6.07) is 49.4. The second kappa shape index (κ2) is 15.9. The fourth-order valence-corrected chi connectivity index (χ4v) is 9.33. The Bertz CT molecular complexity index is 4000. The number of hydrogen-bond acceptors (Lipinski definition) is 5. The van der Waals surface area contributed by atoms with Crippen LogP contribution < -0.4 is 19.3 Å². The summed E-state index contributed by atoms with van der Waals surface area (Å²) in [6.07, 6.45) is -0.256. The van der Waals surface area contributed by atoms with Crippen molar-refractivity contribution in [1.29, 1.82) is 0 Å². The van der Waals surface area contributed by atoms with Gasteiger partial charge in [-0.05, 0) is 145 Å². The van der Waals surface area contributed by atoms with Gasteiger partial charge >= 0.3 is 0 Å². The minimum Gasteiger partial charge on any atom is -0.457 e. The summed E-state index contributed by atoms with van der Waals surface area (Å²) in [7, 11) is 0. The van der Waals surface area contributed by atoms with E-state index in [4.69, 9.17) is 24.1 Å². The molecule has 0 saturated carbocycles. The first-order valence-electron chi connectivity index (χ1n) is 27.4. The van der Waals surface area contributed by atoms with Gasteiger partial charge in [0.1, 0.15) is 35.5 Å². The molecule has 0 fully saturated rings. The van der Waals surface area contributed by atoms with Gasteiger partial charge in [0.05, 0.1) is 32.2 Å². The number of nitrogens with zero attached hydrogens (tertiary/aromatic N) is 4. The molecule has 10 aromatic rings. The van der Waals surface area contributed by atoms with Crippen LogP contribution in [0.25, 0.3) is 61.0 Å². The van der Waals surface area contributed by atoms with Gasteiger partial charge < -0.3 is 19.3 Å². The maximum Gasteiger partial charge on any atom is 0.137 e. The van der Waals surface area contributed by atoms with Gasteiger partial charge in [-0.1, -0.05) is 98.2 Å². The third kappa shape index (κ3) is 6.93. The lowest BCUT2D eigenvalue weighted by Gasteiger charge is -2.28. The van der Waals surface area contributed by atoms with Crippen molar-refractivity contribution in [2.45, 2.75) is 33.9 Å². The molecule has 0 atom stereocenters. The van der Waals surface area contributed by atoms with Crippen molar-refractivity contribution in [2.24, 2.45) is 5.92 Å². The first-order valence-corrected chi connectivity index (χ1v) is 21.9. The van der Waals surface area contributed by atoms with Gasteiger partial charge in [0.2, 0.25) is 0 Å². The summed E-state index contributed by atoms with van der Waals surface area (Å²) in [5.74, 6) is 1.44. The largest absolute Gasteiger partial charge is 0.457 e. The molecule has 0 amide bonds. The average molecular weight is 868 g/mol. The third-order valence-electron chi connectivity index (χ3n) is 12.2. The number of aromatic nitrogens is 2. The van der Waals surface area contributed by atoms with Crippen molar-refractivity contribution in [3.8, 4) is 62.2 Å². The van der Waals surface area contributed by atoms with E-state index in [0.717, 1.165) is 45.0 Å². The van der Waals surface area contributed by atoms with E-state index < -0.39 is 43.8 Å². The van der Waals surface area contributed by atoms with Crippen molar-refractivity contribution in [3.05, 3.63) is 205 Å². The number of anilines is 4. The molecule has 2 aromatic heterocycles. The molecule has 4 aliphatic heterocycles. The summed E-state index contributed by atoms with van der Waals surface area (Å²) < 4.78 is 112. The third-order valence-corrected chi connectivity index (χ3v) is 12.2. The van der Waals surface area contributed by atoms with Crippen molar-refractivity contribution in [2.75, 3.05) is 16.5 Å². The van der Waals surface area contributed by atoms with Gasteiger partial charge in [-0.3, -0.25) is 4.57 Å². The van der Waals surface area contributed by atoms with E-state index in [0.29, 0.717) is 51.7 Å². The molecule has 0 aliphatic carbocycles. The molecule has 320 valence electrons. The van der Waals surface area contributed by atoms with Gasteiger partial charge in [-0.25, -0.2) is 4.98 Å². The van der Waals surface area contributed by atoms with Crippen LogP contribution in [0.1, 0.15) is 45.6 Å². The van der Waals surface area contributed by atoms with Crippen LogP contribution in [0, 0.1) is 19.6 Å². The molecule has 12 bridgehead atoms. The van der Waals surface area contributed by atoms with Crippen LogP contribution in [0.2, 0.25) is 0 Å². The summed E-state index contributed by atoms with van der Waals surface area (Å²) in [4.78, 5) is 9.29. The fourth-order valence-electron chi connectivity index (χ4n) is 9.33. The second-order valence-corrected chi connectivity index (χ2v) is 16.9. The van der Waals surface area contributed by atoms with Crippen LogP contribution in [-0.4, -0.2) is 16.2 Å². The predicted octanol–water partition coefficient (Wildman–Crippen LogP) is 16.1. The lowest BCUT2D eigenvalue weighted by molar-refractivity contribution is 0.483. The van der Waals surface area contributed by atoms with Crippen molar-refractivity contribution < 1.29 is 24.6 Å². The predicted molar refractivity (Wildman–Crippen MR) is 272 cm³/mol. The van der Waals surface area contributed by atoms with Crippen LogP contribution in [0.3, 0.4) is 0 Å². The second-order valence-electron chi connectivity index (χ2n) is 16.9. The Kier molecular flexibility index (Phi) is 7.06. The molecular formula is C60H48N4O2. The Morgan fingerprint density at radius 3 is 2.09 bits per heavy atom. The molecule has 8 aromatic carbocycles. The van der Waals surface area contributed by atoms with E-state index in [-0.39, 0.29) is 33.8 Å². The number of rotatable bonds is 3. The Balaban J connectivity index is 1.11. The number of aryl methyl sites for hydroxylation is 1. The summed E-state index contributed by atoms with van der Waals surface area (Å²) in [6.45, 7) is -1.44. The molecule has 0 N–H and O–H groups in total. The van der Waals surface area contributed by atoms with Crippen LogP contribution >= 0.6 is 0 Å². The molecule has 4 aliphatic rings. The van der Waals surface area contributed by atoms with E-state index in [2.05, 4.69) is 21.9 Å². The summed E-state index contributed by atoms with van der Waals surface area (Å²) in [5, 5.41) is 0.468. The van der Waals surface area contributed by atoms with Gasteiger partial charge in [0.15, 0.2) is 0 Å². The van der Waals surface area contributed by atoms with Crippen LogP contribution in [-0.2, 0) is 6.37 Å². The molecule has 0 unspecified atom stereocenters. The number of para-hydroxylation sites is 2. The number of pyridine rings is 1. The van der Waals surface area contributed by atoms with Gasteiger partial charge in [-0.2, -0.15) is 0 Å². The number of benzene rings is 8. The molecule has 0 spiro atoms. The molecule has 0 radical (unpaired) electrons. The molecule has 6 heterocycles. The molecule has 6 nitrogen and oxygen atoms in total. The minimum absolute atomic E-state index is 0.0155. The highest BCUT2D eigenvalue weighted by atomic mass is 16.5. The maximum atomic E-state index is 9.42. The molecule has 6 heteroatoms. The Hall–Kier alpha value is -8.09. The highest BCUT2D eigenvalue weighted by Gasteiger charge is 2.32. The molecule has 14 rings (SSSR count). The zero-order chi connectivity index (χ0) is 53.9. The van der Waals surface area contributed by atoms with E-state index >= 15 is 0 Å². The zero-order valence-corrected chi connectivity index (χ0v) is 36.1. The fraction of sp³-hybridized carbons (Fsp3) is 0.117. The average Bonchev–Trinajstić information content (AvgIpc) is 4.22.